The molecular formula is C23H38N3O7+. The zero-order chi connectivity index (χ0) is 24.2. The molecule has 3 fully saturated rings. The van der Waals surface area contributed by atoms with Gasteiger partial charge < -0.3 is 15.2 Å². The van der Waals surface area contributed by atoms with E-state index in [1.807, 2.05) is 13.8 Å². The molecule has 3 rings (SSSR count). The first-order valence-electron chi connectivity index (χ1n) is 12.0. The van der Waals surface area contributed by atoms with Crippen LogP contribution in [0.25, 0.3) is 0 Å². The number of quaternary nitrogens is 1. The van der Waals surface area contributed by atoms with Crippen LogP contribution in [0.1, 0.15) is 65.2 Å². The van der Waals surface area contributed by atoms with Crippen molar-refractivity contribution >= 4 is 24.3 Å². The number of hydroxylamine groups is 2. The molecule has 2 aliphatic heterocycles. The number of nitrogens with zero attached hydrogens (tertiary/aromatic N) is 2. The third kappa shape index (κ3) is 5.38. The summed E-state index contributed by atoms with van der Waals surface area (Å²) >= 11 is 0. The van der Waals surface area contributed by atoms with Gasteiger partial charge in [-0.05, 0) is 12.3 Å². The standard InChI is InChI=1S/C23H37N3O7/c1-23(2)9-10-26(19(23)20(24)28,22(30)33-18-7-11-32-12-8-18)21(29)17(14-25(31)15-27)13-16-5-3-4-6-16/h15-19,31H,3-14H2,1-2H3,(H-,24,28)/p+1/t17-,19-,26?/m1/s1. The minimum absolute atomic E-state index is 0.0924. The van der Waals surface area contributed by atoms with Crippen LogP contribution < -0.4 is 5.73 Å². The molecule has 1 aliphatic carbocycles. The smallest absolute Gasteiger partial charge is 0.416 e. The Kier molecular flexibility index (Phi) is 8.13. The topological polar surface area (TPSA) is 136 Å². The van der Waals surface area contributed by atoms with Crippen molar-refractivity contribution in [2.75, 3.05) is 26.3 Å². The van der Waals surface area contributed by atoms with Gasteiger partial charge >= 0.3 is 12.0 Å². The van der Waals surface area contributed by atoms with E-state index in [1.54, 1.807) is 0 Å². The number of imide groups is 1. The van der Waals surface area contributed by atoms with Crippen molar-refractivity contribution in [2.45, 2.75) is 77.4 Å². The molecule has 1 unspecified atom stereocenters. The summed E-state index contributed by atoms with van der Waals surface area (Å²) < 4.78 is 10.3. The SMILES string of the molecule is CC1(C)CC[N+](C(=O)OC2CCOCC2)(C(=O)[C@H](CC2CCCC2)CN(O)C=O)[C@@H]1C(N)=O. The van der Waals surface area contributed by atoms with Crippen molar-refractivity contribution in [1.29, 1.82) is 0 Å². The fraction of sp³-hybridized carbons (Fsp3) is 0.826. The number of carbonyl (C=O) groups is 4. The van der Waals surface area contributed by atoms with Gasteiger partial charge in [-0.3, -0.25) is 14.8 Å². The Labute approximate surface area is 194 Å². The summed E-state index contributed by atoms with van der Waals surface area (Å²) in [4.78, 5) is 51.7. The van der Waals surface area contributed by atoms with Gasteiger partial charge in [0.05, 0.1) is 32.2 Å². The van der Waals surface area contributed by atoms with Gasteiger partial charge in [-0.15, -0.1) is 4.48 Å². The molecule has 10 nitrogen and oxygen atoms in total. The van der Waals surface area contributed by atoms with Crippen LogP contribution >= 0.6 is 0 Å². The maximum Gasteiger partial charge on any atom is 0.524 e. The lowest BCUT2D eigenvalue weighted by Crippen LogP contribution is -2.68. The molecule has 2 saturated heterocycles. The van der Waals surface area contributed by atoms with Crippen LogP contribution in [0.15, 0.2) is 0 Å². The van der Waals surface area contributed by atoms with Crippen LogP contribution in [0.4, 0.5) is 4.79 Å². The lowest BCUT2D eigenvalue weighted by molar-refractivity contribution is -0.792. The Morgan fingerprint density at radius 3 is 2.42 bits per heavy atom. The molecule has 2 heterocycles. The number of carbonyl (C=O) groups excluding carboxylic acids is 4. The Balaban J connectivity index is 1.98. The molecule has 3 aliphatic rings. The van der Waals surface area contributed by atoms with Crippen LogP contribution in [-0.4, -0.2) is 77.5 Å². The van der Waals surface area contributed by atoms with E-state index in [-0.39, 0.29) is 25.4 Å². The maximum absolute atomic E-state index is 14.2. The zero-order valence-electron chi connectivity index (χ0n) is 19.7. The lowest BCUT2D eigenvalue weighted by Gasteiger charge is -2.39. The lowest BCUT2D eigenvalue weighted by atomic mass is 9.83. The summed E-state index contributed by atoms with van der Waals surface area (Å²) in [6.07, 6.45) is 5.01. The molecule has 0 aromatic rings. The van der Waals surface area contributed by atoms with E-state index in [0.29, 0.717) is 44.0 Å². The minimum atomic E-state index is -1.09. The van der Waals surface area contributed by atoms with Gasteiger partial charge in [0.25, 0.3) is 5.91 Å². The monoisotopic (exact) mass is 468 g/mol. The second-order valence-electron chi connectivity index (χ2n) is 10.5. The first-order valence-corrected chi connectivity index (χ1v) is 12.0. The van der Waals surface area contributed by atoms with E-state index in [9.17, 15) is 24.4 Å². The Morgan fingerprint density at radius 2 is 1.85 bits per heavy atom. The van der Waals surface area contributed by atoms with E-state index in [1.165, 1.54) is 0 Å². The van der Waals surface area contributed by atoms with Crippen LogP contribution in [0, 0.1) is 17.3 Å². The van der Waals surface area contributed by atoms with Crippen LogP contribution in [0.2, 0.25) is 0 Å². The minimum Gasteiger partial charge on any atom is -0.416 e. The van der Waals surface area contributed by atoms with Gasteiger partial charge in [0.15, 0.2) is 6.04 Å². The molecule has 1 saturated carbocycles. The van der Waals surface area contributed by atoms with Gasteiger partial charge in [-0.1, -0.05) is 39.5 Å². The maximum atomic E-state index is 14.2. The third-order valence-electron chi connectivity index (χ3n) is 7.69. The van der Waals surface area contributed by atoms with Crippen molar-refractivity contribution < 1.29 is 38.3 Å². The molecule has 3 N–H and O–H groups in total. The van der Waals surface area contributed by atoms with E-state index < -0.39 is 45.9 Å². The number of hydrogen-bond donors (Lipinski definition) is 2. The Bertz CT molecular complexity index is 746. The number of amides is 4. The third-order valence-corrected chi connectivity index (χ3v) is 7.69. The highest BCUT2D eigenvalue weighted by Crippen LogP contribution is 2.45. The predicted octanol–water partition coefficient (Wildman–Crippen LogP) is 1.97. The van der Waals surface area contributed by atoms with Gasteiger partial charge in [0, 0.05) is 24.7 Å². The molecule has 0 aromatic heterocycles. The van der Waals surface area contributed by atoms with Crippen LogP contribution in [0.5, 0.6) is 0 Å². The molecule has 33 heavy (non-hydrogen) atoms. The summed E-state index contributed by atoms with van der Waals surface area (Å²) in [6, 6.07) is -1.09. The largest absolute Gasteiger partial charge is 0.524 e. The quantitative estimate of drug-likeness (QED) is 0.240. The van der Waals surface area contributed by atoms with Crippen LogP contribution in [-0.2, 0) is 23.9 Å². The second kappa shape index (κ2) is 10.5. The van der Waals surface area contributed by atoms with Gasteiger partial charge in [0.2, 0.25) is 6.41 Å². The zero-order valence-corrected chi connectivity index (χ0v) is 19.7. The van der Waals surface area contributed by atoms with E-state index in [0.717, 1.165) is 25.7 Å². The van der Waals surface area contributed by atoms with Crippen molar-refractivity contribution in [3.05, 3.63) is 0 Å². The second-order valence-corrected chi connectivity index (χ2v) is 10.5. The number of rotatable bonds is 8. The normalized spacial score (nSPS) is 28.9. The molecule has 0 aromatic carbocycles. The summed E-state index contributed by atoms with van der Waals surface area (Å²) in [5.74, 6) is -1.80. The predicted molar refractivity (Wildman–Crippen MR) is 116 cm³/mol. The highest BCUT2D eigenvalue weighted by atomic mass is 16.6. The summed E-state index contributed by atoms with van der Waals surface area (Å²) in [6.45, 7) is 4.42. The van der Waals surface area contributed by atoms with E-state index in [4.69, 9.17) is 15.2 Å². The first kappa shape index (κ1) is 25.6. The van der Waals surface area contributed by atoms with Crippen molar-refractivity contribution in [1.82, 2.24) is 5.06 Å². The summed E-state index contributed by atoms with van der Waals surface area (Å²) in [7, 11) is 0. The number of primary amides is 1. The van der Waals surface area contributed by atoms with Crippen molar-refractivity contribution in [3.8, 4) is 0 Å². The fourth-order valence-electron chi connectivity index (χ4n) is 5.98. The molecule has 4 amide bonds. The highest BCUT2D eigenvalue weighted by molar-refractivity contribution is 5.90. The van der Waals surface area contributed by atoms with Crippen molar-refractivity contribution in [3.63, 3.8) is 0 Å². The number of likely N-dealkylation sites (tertiary alicyclic amines) is 1. The molecule has 0 radical (unpaired) electrons. The molecule has 0 bridgehead atoms. The van der Waals surface area contributed by atoms with Gasteiger partial charge in [-0.2, -0.15) is 4.79 Å². The molecule has 3 atom stereocenters. The Morgan fingerprint density at radius 1 is 1.21 bits per heavy atom. The molecular weight excluding hydrogens is 430 g/mol. The average Bonchev–Trinajstić information content (AvgIpc) is 3.38. The Hall–Kier alpha value is -2.04. The molecule has 10 heteroatoms. The molecule has 186 valence electrons. The number of hydrogen-bond acceptors (Lipinski definition) is 7. The number of nitrogens with two attached hydrogens (primary N) is 1. The van der Waals surface area contributed by atoms with Crippen LogP contribution in [0.3, 0.4) is 0 Å². The number of ether oxygens (including phenoxy) is 2. The van der Waals surface area contributed by atoms with E-state index >= 15 is 0 Å². The van der Waals surface area contributed by atoms with Gasteiger partial charge in [0.1, 0.15) is 6.10 Å². The fourth-order valence-corrected chi connectivity index (χ4v) is 5.98. The highest BCUT2D eigenvalue weighted by Gasteiger charge is 2.67. The van der Waals surface area contributed by atoms with E-state index in [2.05, 4.69) is 0 Å². The average molecular weight is 469 g/mol. The summed E-state index contributed by atoms with van der Waals surface area (Å²) in [5.41, 5.74) is 5.10. The molecule has 0 spiro atoms. The summed E-state index contributed by atoms with van der Waals surface area (Å²) in [5, 5.41) is 10.4. The van der Waals surface area contributed by atoms with Gasteiger partial charge in [-0.25, -0.2) is 9.86 Å². The first-order chi connectivity index (χ1) is 15.6. The van der Waals surface area contributed by atoms with Crippen molar-refractivity contribution in [2.24, 2.45) is 23.0 Å².